The van der Waals surface area contributed by atoms with E-state index in [9.17, 15) is 4.79 Å². The maximum Gasteiger partial charge on any atom is 0.330 e. The highest BCUT2D eigenvalue weighted by atomic mass is 16.1. The standard InChI is InChI=1S/C20H23N5O/c1-3-10-24-14-16(15(2)22-24)13-23-11-8-17(9-12-23)25-19-7-5-4-6-18(19)21-20(25)26/h3-8,14H,1,9-13H2,2H3,(H,21,26). The van der Waals surface area contributed by atoms with Crippen LogP contribution in [0.1, 0.15) is 17.7 Å². The lowest BCUT2D eigenvalue weighted by Crippen LogP contribution is -2.30. The highest BCUT2D eigenvalue weighted by Crippen LogP contribution is 2.21. The average Bonchev–Trinajstić information content (AvgIpc) is 3.15. The van der Waals surface area contributed by atoms with E-state index in [0.29, 0.717) is 0 Å². The van der Waals surface area contributed by atoms with Gasteiger partial charge in [0, 0.05) is 43.5 Å². The molecule has 0 bridgehead atoms. The monoisotopic (exact) mass is 349 g/mol. The summed E-state index contributed by atoms with van der Waals surface area (Å²) < 4.78 is 3.73. The Labute approximate surface area is 152 Å². The molecule has 3 aromatic rings. The van der Waals surface area contributed by atoms with Gasteiger partial charge >= 0.3 is 5.69 Å². The number of rotatable bonds is 5. The zero-order chi connectivity index (χ0) is 18.1. The molecule has 0 saturated heterocycles. The Morgan fingerprint density at radius 3 is 2.96 bits per heavy atom. The molecule has 1 aliphatic rings. The second-order valence-electron chi connectivity index (χ2n) is 6.71. The summed E-state index contributed by atoms with van der Waals surface area (Å²) in [4.78, 5) is 17.7. The number of allylic oxidation sites excluding steroid dienone is 1. The minimum Gasteiger partial charge on any atom is -0.305 e. The zero-order valence-electron chi connectivity index (χ0n) is 15.0. The summed E-state index contributed by atoms with van der Waals surface area (Å²) in [5.74, 6) is 0. The van der Waals surface area contributed by atoms with Gasteiger partial charge in [0.25, 0.3) is 0 Å². The molecule has 0 atom stereocenters. The lowest BCUT2D eigenvalue weighted by molar-refractivity contribution is 0.291. The van der Waals surface area contributed by atoms with Crippen LogP contribution in [0.3, 0.4) is 0 Å². The first-order chi connectivity index (χ1) is 12.7. The number of imidazole rings is 1. The zero-order valence-corrected chi connectivity index (χ0v) is 15.0. The number of fused-ring (bicyclic) bond motifs is 1. The Balaban J connectivity index is 1.52. The number of hydrogen-bond donors (Lipinski definition) is 1. The molecule has 26 heavy (non-hydrogen) atoms. The summed E-state index contributed by atoms with van der Waals surface area (Å²) in [7, 11) is 0. The normalized spacial score (nSPS) is 15.3. The van der Waals surface area contributed by atoms with Crippen molar-refractivity contribution in [3.63, 3.8) is 0 Å². The SMILES string of the molecule is C=CCn1cc(CN2CC=C(n3c(=O)[nH]c4ccccc43)CC2)c(C)n1. The molecule has 2 aromatic heterocycles. The van der Waals surface area contributed by atoms with E-state index in [1.807, 2.05) is 41.9 Å². The number of nitrogens with one attached hydrogen (secondary N) is 1. The molecule has 0 fully saturated rings. The molecule has 6 heteroatoms. The van der Waals surface area contributed by atoms with Crippen molar-refractivity contribution in [2.24, 2.45) is 0 Å². The molecule has 4 rings (SSSR count). The highest BCUT2D eigenvalue weighted by molar-refractivity contribution is 5.79. The molecule has 6 nitrogen and oxygen atoms in total. The maximum atomic E-state index is 12.4. The van der Waals surface area contributed by atoms with Crippen LogP contribution in [0.4, 0.5) is 0 Å². The number of H-pyrrole nitrogens is 1. The number of aromatic amines is 1. The van der Waals surface area contributed by atoms with Gasteiger partial charge < -0.3 is 4.98 Å². The first-order valence-corrected chi connectivity index (χ1v) is 8.91. The molecule has 0 spiro atoms. The van der Waals surface area contributed by atoms with Crippen molar-refractivity contribution < 1.29 is 0 Å². The molecule has 1 aliphatic heterocycles. The Bertz CT molecular complexity index is 1040. The van der Waals surface area contributed by atoms with Crippen LogP contribution in [0.2, 0.25) is 0 Å². The fourth-order valence-corrected chi connectivity index (χ4v) is 3.57. The fourth-order valence-electron chi connectivity index (χ4n) is 3.57. The van der Waals surface area contributed by atoms with Crippen molar-refractivity contribution in [2.45, 2.75) is 26.4 Å². The van der Waals surface area contributed by atoms with Gasteiger partial charge in [-0.2, -0.15) is 5.10 Å². The summed E-state index contributed by atoms with van der Waals surface area (Å²) in [6.45, 7) is 9.16. The Hall–Kier alpha value is -2.86. The summed E-state index contributed by atoms with van der Waals surface area (Å²) in [5.41, 5.74) is 5.14. The molecule has 134 valence electrons. The van der Waals surface area contributed by atoms with Gasteiger partial charge in [0.05, 0.1) is 23.3 Å². The topological polar surface area (TPSA) is 58.9 Å². The van der Waals surface area contributed by atoms with Gasteiger partial charge in [-0.1, -0.05) is 24.3 Å². The molecule has 0 unspecified atom stereocenters. The van der Waals surface area contributed by atoms with Crippen LogP contribution in [0.5, 0.6) is 0 Å². The van der Waals surface area contributed by atoms with Crippen molar-refractivity contribution in [1.29, 1.82) is 0 Å². The van der Waals surface area contributed by atoms with Gasteiger partial charge in [0.15, 0.2) is 0 Å². The third-order valence-electron chi connectivity index (χ3n) is 4.90. The minimum atomic E-state index is -0.0626. The number of nitrogens with zero attached hydrogens (tertiary/aromatic N) is 4. The lowest BCUT2D eigenvalue weighted by atomic mass is 10.1. The van der Waals surface area contributed by atoms with E-state index >= 15 is 0 Å². The Morgan fingerprint density at radius 2 is 2.19 bits per heavy atom. The fraction of sp³-hybridized carbons (Fsp3) is 0.300. The third kappa shape index (κ3) is 3.04. The predicted octanol–water partition coefficient (Wildman–Crippen LogP) is 2.77. The quantitative estimate of drug-likeness (QED) is 0.721. The Morgan fingerprint density at radius 1 is 1.35 bits per heavy atom. The van der Waals surface area contributed by atoms with Gasteiger partial charge in [-0.3, -0.25) is 14.1 Å². The van der Waals surface area contributed by atoms with Crippen LogP contribution in [-0.2, 0) is 13.1 Å². The smallest absolute Gasteiger partial charge is 0.305 e. The molecular weight excluding hydrogens is 326 g/mol. The number of para-hydroxylation sites is 2. The molecule has 1 N–H and O–H groups in total. The van der Waals surface area contributed by atoms with Crippen LogP contribution in [0.15, 0.2) is 54.0 Å². The van der Waals surface area contributed by atoms with Crippen molar-refractivity contribution in [3.05, 3.63) is 70.9 Å². The molecule has 0 saturated carbocycles. The molecular formula is C20H23N5O. The molecule has 3 heterocycles. The van der Waals surface area contributed by atoms with E-state index in [4.69, 9.17) is 0 Å². The van der Waals surface area contributed by atoms with E-state index in [-0.39, 0.29) is 5.69 Å². The molecule has 0 aliphatic carbocycles. The van der Waals surface area contributed by atoms with Crippen molar-refractivity contribution >= 4 is 16.7 Å². The predicted molar refractivity (Wildman–Crippen MR) is 104 cm³/mol. The summed E-state index contributed by atoms with van der Waals surface area (Å²) in [6, 6.07) is 7.82. The van der Waals surface area contributed by atoms with Crippen LogP contribution >= 0.6 is 0 Å². The average molecular weight is 349 g/mol. The van der Waals surface area contributed by atoms with E-state index < -0.39 is 0 Å². The van der Waals surface area contributed by atoms with E-state index in [1.54, 1.807) is 4.57 Å². The lowest BCUT2D eigenvalue weighted by Gasteiger charge is -2.26. The number of hydrogen-bond acceptors (Lipinski definition) is 3. The third-order valence-corrected chi connectivity index (χ3v) is 4.90. The Kier molecular flexibility index (Phi) is 4.34. The van der Waals surface area contributed by atoms with Gasteiger partial charge in [-0.05, 0) is 19.1 Å². The van der Waals surface area contributed by atoms with E-state index in [2.05, 4.69) is 33.8 Å². The molecule has 0 radical (unpaired) electrons. The first-order valence-electron chi connectivity index (χ1n) is 8.91. The largest absolute Gasteiger partial charge is 0.330 e. The number of aromatic nitrogens is 4. The van der Waals surface area contributed by atoms with Gasteiger partial charge in [-0.15, -0.1) is 6.58 Å². The number of aryl methyl sites for hydroxylation is 1. The second-order valence-corrected chi connectivity index (χ2v) is 6.71. The van der Waals surface area contributed by atoms with Gasteiger partial charge in [-0.25, -0.2) is 4.79 Å². The van der Waals surface area contributed by atoms with Crippen LogP contribution in [0, 0.1) is 6.92 Å². The maximum absolute atomic E-state index is 12.4. The van der Waals surface area contributed by atoms with Crippen LogP contribution in [-0.4, -0.2) is 37.3 Å². The van der Waals surface area contributed by atoms with Crippen molar-refractivity contribution in [2.75, 3.05) is 13.1 Å². The minimum absolute atomic E-state index is 0.0626. The van der Waals surface area contributed by atoms with Gasteiger partial charge in [0.2, 0.25) is 0 Å². The van der Waals surface area contributed by atoms with Gasteiger partial charge in [0.1, 0.15) is 0 Å². The van der Waals surface area contributed by atoms with Crippen LogP contribution in [0.25, 0.3) is 16.7 Å². The second kappa shape index (κ2) is 6.80. The number of benzene rings is 1. The van der Waals surface area contributed by atoms with Crippen molar-refractivity contribution in [3.8, 4) is 0 Å². The first kappa shape index (κ1) is 16.6. The molecule has 0 amide bonds. The summed E-state index contributed by atoms with van der Waals surface area (Å²) in [5, 5.41) is 4.52. The van der Waals surface area contributed by atoms with Crippen molar-refractivity contribution in [1.82, 2.24) is 24.2 Å². The summed E-state index contributed by atoms with van der Waals surface area (Å²) in [6.07, 6.45) is 6.96. The van der Waals surface area contributed by atoms with E-state index in [0.717, 1.165) is 55.0 Å². The van der Waals surface area contributed by atoms with Crippen LogP contribution < -0.4 is 5.69 Å². The summed E-state index contributed by atoms with van der Waals surface area (Å²) >= 11 is 0. The van der Waals surface area contributed by atoms with E-state index in [1.165, 1.54) is 5.56 Å². The highest BCUT2D eigenvalue weighted by Gasteiger charge is 2.18. The molecule has 1 aromatic carbocycles.